The third-order valence-electron chi connectivity index (χ3n) is 6.44. The Hall–Kier alpha value is -4.19. The van der Waals surface area contributed by atoms with Crippen LogP contribution in [0.5, 0.6) is 0 Å². The summed E-state index contributed by atoms with van der Waals surface area (Å²) in [5, 5.41) is 10.2. The first-order valence-electron chi connectivity index (χ1n) is 10.8. The number of hydrazine groups is 1. The van der Waals surface area contributed by atoms with Crippen molar-refractivity contribution in [1.82, 2.24) is 5.01 Å². The van der Waals surface area contributed by atoms with Gasteiger partial charge in [-0.2, -0.15) is 5.01 Å². The average Bonchev–Trinajstić information content (AvgIpc) is 3.10. The van der Waals surface area contributed by atoms with Gasteiger partial charge in [-0.25, -0.2) is 4.79 Å². The van der Waals surface area contributed by atoms with Crippen molar-refractivity contribution >= 4 is 23.5 Å². The molecule has 0 aromatic heterocycles. The minimum Gasteiger partial charge on any atom is -0.478 e. The molecule has 2 amide bonds. The van der Waals surface area contributed by atoms with Crippen LogP contribution in [0.3, 0.4) is 0 Å². The van der Waals surface area contributed by atoms with Gasteiger partial charge >= 0.3 is 5.97 Å². The maximum absolute atomic E-state index is 13.6. The summed E-state index contributed by atoms with van der Waals surface area (Å²) < 4.78 is 0. The predicted octanol–water partition coefficient (Wildman–Crippen LogP) is 4.45. The lowest BCUT2D eigenvalue weighted by Crippen LogP contribution is -2.37. The number of aromatic carboxylic acids is 1. The average molecular weight is 438 g/mol. The Morgan fingerprint density at radius 2 is 1.15 bits per heavy atom. The van der Waals surface area contributed by atoms with Crippen LogP contribution in [0.1, 0.15) is 33.3 Å². The van der Waals surface area contributed by atoms with Crippen molar-refractivity contribution in [2.45, 2.75) is 11.8 Å². The van der Waals surface area contributed by atoms with Gasteiger partial charge < -0.3 is 5.11 Å². The fourth-order valence-electron chi connectivity index (χ4n) is 4.86. The van der Waals surface area contributed by atoms with Gasteiger partial charge in [-0.15, -0.1) is 0 Å². The fourth-order valence-corrected chi connectivity index (χ4v) is 4.86. The zero-order valence-corrected chi connectivity index (χ0v) is 17.7. The number of fused-ring (bicyclic) bond motifs is 1. The third kappa shape index (κ3) is 3.69. The highest BCUT2D eigenvalue weighted by molar-refractivity contribution is 6.07. The topological polar surface area (TPSA) is 86.7 Å². The molecule has 0 saturated carbocycles. The molecule has 1 aliphatic heterocycles. The molecular weight excluding hydrogens is 416 g/mol. The summed E-state index contributed by atoms with van der Waals surface area (Å²) in [6.45, 7) is 0. The van der Waals surface area contributed by atoms with Gasteiger partial charge in [0.25, 0.3) is 11.8 Å². The molecule has 5 rings (SSSR count). The van der Waals surface area contributed by atoms with Crippen molar-refractivity contribution < 1.29 is 19.5 Å². The molecule has 33 heavy (non-hydrogen) atoms. The number of carbonyl (C=O) groups excluding carboxylic acids is 2. The lowest BCUT2D eigenvalue weighted by Gasteiger charge is -2.32. The molecule has 0 radical (unpaired) electrons. The predicted molar refractivity (Wildman–Crippen MR) is 123 cm³/mol. The van der Waals surface area contributed by atoms with Gasteiger partial charge in [0, 0.05) is 11.8 Å². The number of allylic oxidation sites excluding steroid dienone is 2. The molecule has 1 saturated heterocycles. The zero-order valence-electron chi connectivity index (χ0n) is 17.7. The quantitative estimate of drug-likeness (QED) is 0.454. The summed E-state index contributed by atoms with van der Waals surface area (Å²) in [6, 6.07) is 25.5. The number of hydrogen-bond donors (Lipinski definition) is 2. The Labute approximate surface area is 191 Å². The van der Waals surface area contributed by atoms with Crippen LogP contribution < -0.4 is 5.43 Å². The van der Waals surface area contributed by atoms with E-state index in [1.807, 2.05) is 72.8 Å². The molecular formula is C27H22N2O4. The van der Waals surface area contributed by atoms with E-state index in [1.165, 1.54) is 12.1 Å². The second kappa shape index (κ2) is 8.39. The van der Waals surface area contributed by atoms with E-state index in [0.717, 1.165) is 16.1 Å². The number of imide groups is 1. The van der Waals surface area contributed by atoms with Crippen molar-refractivity contribution in [2.75, 3.05) is 5.43 Å². The Morgan fingerprint density at radius 1 is 0.697 bits per heavy atom. The molecule has 6 heteroatoms. The van der Waals surface area contributed by atoms with Crippen LogP contribution in [0.25, 0.3) is 0 Å². The maximum atomic E-state index is 13.6. The van der Waals surface area contributed by atoms with Crippen LogP contribution in [-0.2, 0) is 9.59 Å². The molecule has 2 aliphatic rings. The van der Waals surface area contributed by atoms with E-state index >= 15 is 0 Å². The number of rotatable bonds is 5. The highest BCUT2D eigenvalue weighted by Gasteiger charge is 2.55. The molecule has 3 aromatic carbocycles. The highest BCUT2D eigenvalue weighted by atomic mass is 16.4. The van der Waals surface area contributed by atoms with Crippen LogP contribution in [0.4, 0.5) is 5.69 Å². The Kier molecular flexibility index (Phi) is 5.26. The van der Waals surface area contributed by atoms with Crippen LogP contribution >= 0.6 is 0 Å². The summed E-state index contributed by atoms with van der Waals surface area (Å²) >= 11 is 0. The minimum atomic E-state index is -1.04. The fraction of sp³-hybridized carbons (Fsp3) is 0.148. The summed E-state index contributed by atoms with van der Waals surface area (Å²) in [5.74, 6) is -3.12. The summed E-state index contributed by atoms with van der Waals surface area (Å²) in [4.78, 5) is 38.3. The van der Waals surface area contributed by atoms with E-state index in [1.54, 1.807) is 12.1 Å². The van der Waals surface area contributed by atoms with Crippen molar-refractivity contribution in [3.63, 3.8) is 0 Å². The first-order valence-corrected chi connectivity index (χ1v) is 10.8. The molecule has 0 bridgehead atoms. The van der Waals surface area contributed by atoms with E-state index in [0.29, 0.717) is 5.69 Å². The molecule has 0 unspecified atom stereocenters. The Bertz CT molecular complexity index is 1150. The molecule has 1 fully saturated rings. The van der Waals surface area contributed by atoms with Crippen molar-refractivity contribution in [2.24, 2.45) is 11.8 Å². The van der Waals surface area contributed by atoms with Gasteiger partial charge in [-0.1, -0.05) is 72.8 Å². The second-order valence-corrected chi connectivity index (χ2v) is 8.32. The number of anilines is 1. The molecule has 6 nitrogen and oxygen atoms in total. The normalized spacial score (nSPS) is 23.9. The van der Waals surface area contributed by atoms with E-state index in [9.17, 15) is 14.4 Å². The highest BCUT2D eigenvalue weighted by Crippen LogP contribution is 2.49. The first-order chi connectivity index (χ1) is 16.0. The van der Waals surface area contributed by atoms with Crippen molar-refractivity contribution in [1.29, 1.82) is 0 Å². The Morgan fingerprint density at radius 3 is 1.58 bits per heavy atom. The molecule has 164 valence electrons. The van der Waals surface area contributed by atoms with Gasteiger partial charge in [-0.3, -0.25) is 15.0 Å². The maximum Gasteiger partial charge on any atom is 0.335 e. The number of hydrogen-bond acceptors (Lipinski definition) is 4. The molecule has 2 N–H and O–H groups in total. The molecule has 1 aliphatic carbocycles. The summed E-state index contributed by atoms with van der Waals surface area (Å²) in [7, 11) is 0. The third-order valence-corrected chi connectivity index (χ3v) is 6.44. The molecule has 3 aromatic rings. The molecule has 0 spiro atoms. The number of benzene rings is 3. The number of carboxylic acids is 1. The number of nitrogens with one attached hydrogen (secondary N) is 1. The minimum absolute atomic E-state index is 0.130. The van der Waals surface area contributed by atoms with Crippen LogP contribution in [0.2, 0.25) is 0 Å². The SMILES string of the molecule is O=C(O)c1ccc(NN2C(=O)[C@@H]3[C@H](C2=O)[C@@H](c2ccccc2)C=C[C@H]3c2ccccc2)cc1. The number of nitrogens with zero attached hydrogens (tertiary/aromatic N) is 1. The van der Waals surface area contributed by atoms with Gasteiger partial charge in [0.1, 0.15) is 0 Å². The van der Waals surface area contributed by atoms with Gasteiger partial charge in [0.2, 0.25) is 0 Å². The van der Waals surface area contributed by atoms with E-state index in [2.05, 4.69) is 5.43 Å². The van der Waals surface area contributed by atoms with Crippen LogP contribution in [0, 0.1) is 11.8 Å². The van der Waals surface area contributed by atoms with Crippen LogP contribution in [0.15, 0.2) is 97.1 Å². The second-order valence-electron chi connectivity index (χ2n) is 8.32. The Balaban J connectivity index is 1.52. The monoisotopic (exact) mass is 438 g/mol. The first kappa shape index (κ1) is 20.7. The van der Waals surface area contributed by atoms with Crippen molar-refractivity contribution in [3.8, 4) is 0 Å². The number of carbonyl (C=O) groups is 3. The number of amides is 2. The summed E-state index contributed by atoms with van der Waals surface area (Å²) in [6.07, 6.45) is 4.09. The molecule has 1 heterocycles. The lowest BCUT2D eigenvalue weighted by molar-refractivity contribution is -0.138. The van der Waals surface area contributed by atoms with Crippen LogP contribution in [-0.4, -0.2) is 27.9 Å². The zero-order chi connectivity index (χ0) is 22.9. The largest absolute Gasteiger partial charge is 0.478 e. The summed E-state index contributed by atoms with van der Waals surface area (Å²) in [5.41, 5.74) is 5.50. The van der Waals surface area contributed by atoms with Crippen molar-refractivity contribution in [3.05, 3.63) is 114 Å². The lowest BCUT2D eigenvalue weighted by atomic mass is 9.68. The van der Waals surface area contributed by atoms with E-state index in [-0.39, 0.29) is 29.2 Å². The van der Waals surface area contributed by atoms with E-state index in [4.69, 9.17) is 5.11 Å². The van der Waals surface area contributed by atoms with E-state index < -0.39 is 17.8 Å². The molecule has 4 atom stereocenters. The van der Waals surface area contributed by atoms with Gasteiger partial charge in [0.05, 0.1) is 23.1 Å². The standard InChI is InChI=1S/C27H22N2O4/c30-25-23-21(17-7-3-1-4-8-17)15-16-22(18-9-5-2-6-10-18)24(23)26(31)29(25)28-20-13-11-19(12-14-20)27(32)33/h1-16,21-24,28H,(H,32,33)/t21-,22+,23-,24+. The van der Waals surface area contributed by atoms with Gasteiger partial charge in [0.15, 0.2) is 0 Å². The smallest absolute Gasteiger partial charge is 0.335 e. The van der Waals surface area contributed by atoms with Gasteiger partial charge in [-0.05, 0) is 35.4 Å². The number of carboxylic acid groups (broad SMARTS) is 1.